The Morgan fingerprint density at radius 3 is 2.00 bits per heavy atom. The molecule has 0 saturated heterocycles. The van der Waals surface area contributed by atoms with Crippen LogP contribution in [0, 0.1) is 0 Å². The van der Waals surface area contributed by atoms with Gasteiger partial charge in [0.2, 0.25) is 20.0 Å². The summed E-state index contributed by atoms with van der Waals surface area (Å²) in [6.07, 6.45) is 0. The van der Waals surface area contributed by atoms with E-state index >= 15 is 0 Å². The number of sulfonamides is 2. The van der Waals surface area contributed by atoms with Crippen molar-refractivity contribution in [2.24, 2.45) is 0 Å². The lowest BCUT2D eigenvalue weighted by Gasteiger charge is -2.20. The maximum Gasteiger partial charge on any atom is 0.255 e. The first-order valence-electron chi connectivity index (χ1n) is 9.27. The molecule has 2 rings (SSSR count). The number of carbonyl (C=O) groups is 1. The summed E-state index contributed by atoms with van der Waals surface area (Å²) in [5.74, 6) is -0.560. The number of carbonyl (C=O) groups excluding carboxylic acids is 1. The molecular weight excluding hydrogens is 426 g/mol. The van der Waals surface area contributed by atoms with Crippen LogP contribution in [-0.4, -0.2) is 34.3 Å². The summed E-state index contributed by atoms with van der Waals surface area (Å²) in [7, 11) is -7.52. The summed E-state index contributed by atoms with van der Waals surface area (Å²) in [5.41, 5.74) is -0.262. The predicted octanol–water partition coefficient (Wildman–Crippen LogP) is 2.70. The minimum atomic E-state index is -3.77. The first kappa shape index (κ1) is 24.0. The van der Waals surface area contributed by atoms with Gasteiger partial charge in [-0.1, -0.05) is 12.1 Å². The van der Waals surface area contributed by atoms with Crippen LogP contribution in [0.5, 0.6) is 0 Å². The van der Waals surface area contributed by atoms with Crippen LogP contribution in [0.25, 0.3) is 0 Å². The number of hydrogen-bond donors (Lipinski definition) is 3. The lowest BCUT2D eigenvalue weighted by molar-refractivity contribution is 0.102. The van der Waals surface area contributed by atoms with Gasteiger partial charge in [-0.3, -0.25) is 4.79 Å². The zero-order valence-corrected chi connectivity index (χ0v) is 19.2. The van der Waals surface area contributed by atoms with Crippen molar-refractivity contribution in [1.82, 2.24) is 9.44 Å². The molecule has 8 nitrogen and oxygen atoms in total. The average Bonchev–Trinajstić information content (AvgIpc) is 2.59. The van der Waals surface area contributed by atoms with Gasteiger partial charge in [-0.25, -0.2) is 26.3 Å². The van der Waals surface area contributed by atoms with Crippen LogP contribution < -0.4 is 14.8 Å². The van der Waals surface area contributed by atoms with Crippen molar-refractivity contribution in [3.63, 3.8) is 0 Å². The van der Waals surface area contributed by atoms with Gasteiger partial charge in [0.25, 0.3) is 5.91 Å². The molecule has 30 heavy (non-hydrogen) atoms. The van der Waals surface area contributed by atoms with E-state index in [1.54, 1.807) is 40.7 Å². The fourth-order valence-electron chi connectivity index (χ4n) is 2.59. The highest BCUT2D eigenvalue weighted by Crippen LogP contribution is 2.19. The summed E-state index contributed by atoms with van der Waals surface area (Å²) in [4.78, 5) is 12.6. The van der Waals surface area contributed by atoms with E-state index < -0.39 is 31.5 Å². The molecule has 0 saturated carbocycles. The molecule has 0 aliphatic carbocycles. The van der Waals surface area contributed by atoms with Gasteiger partial charge in [0.05, 0.1) is 9.79 Å². The second-order valence-electron chi connectivity index (χ2n) is 8.14. The summed E-state index contributed by atoms with van der Waals surface area (Å²) in [6.45, 7) is 8.58. The normalized spacial score (nSPS) is 12.7. The number of rotatable bonds is 7. The third-order valence-electron chi connectivity index (χ3n) is 3.64. The van der Waals surface area contributed by atoms with E-state index in [1.807, 2.05) is 0 Å². The van der Waals surface area contributed by atoms with Gasteiger partial charge < -0.3 is 5.32 Å². The molecule has 2 aromatic rings. The Morgan fingerprint density at radius 2 is 1.43 bits per heavy atom. The summed E-state index contributed by atoms with van der Waals surface area (Å²) in [6, 6.07) is 11.1. The number of benzene rings is 2. The standard InChI is InChI=1S/C20H27N3O5S2/c1-14(2)22-29(25,26)17-10-6-8-15(12-17)19(24)21-16-9-7-11-18(13-16)30(27,28)23-20(3,4)5/h6-14,22-23H,1-5H3,(H,21,24). The molecule has 10 heteroatoms. The van der Waals surface area contributed by atoms with Gasteiger partial charge in [-0.15, -0.1) is 0 Å². The highest BCUT2D eigenvalue weighted by Gasteiger charge is 2.22. The van der Waals surface area contributed by atoms with E-state index in [4.69, 9.17) is 0 Å². The molecule has 3 N–H and O–H groups in total. The lowest BCUT2D eigenvalue weighted by atomic mass is 10.1. The van der Waals surface area contributed by atoms with E-state index in [-0.39, 0.29) is 27.1 Å². The van der Waals surface area contributed by atoms with Gasteiger partial charge in [-0.05, 0) is 71.0 Å². The molecular formula is C20H27N3O5S2. The Balaban J connectivity index is 2.27. The van der Waals surface area contributed by atoms with Gasteiger partial charge in [0.1, 0.15) is 0 Å². The number of anilines is 1. The van der Waals surface area contributed by atoms with E-state index in [1.165, 1.54) is 42.5 Å². The fraction of sp³-hybridized carbons (Fsp3) is 0.350. The van der Waals surface area contributed by atoms with Crippen molar-refractivity contribution in [2.75, 3.05) is 5.32 Å². The van der Waals surface area contributed by atoms with E-state index in [9.17, 15) is 21.6 Å². The summed E-state index contributed by atoms with van der Waals surface area (Å²) >= 11 is 0. The third-order valence-corrected chi connectivity index (χ3v) is 7.05. The monoisotopic (exact) mass is 453 g/mol. The molecule has 0 aromatic heterocycles. The van der Waals surface area contributed by atoms with Gasteiger partial charge in [0.15, 0.2) is 0 Å². The number of hydrogen-bond acceptors (Lipinski definition) is 5. The van der Waals surface area contributed by atoms with Crippen LogP contribution in [0.1, 0.15) is 45.0 Å². The van der Waals surface area contributed by atoms with Crippen LogP contribution >= 0.6 is 0 Å². The van der Waals surface area contributed by atoms with Crippen LogP contribution in [0.15, 0.2) is 58.3 Å². The Bertz CT molecular complexity index is 1140. The van der Waals surface area contributed by atoms with Crippen molar-refractivity contribution in [3.05, 3.63) is 54.1 Å². The number of amides is 1. The first-order chi connectivity index (χ1) is 13.7. The molecule has 0 spiro atoms. The number of nitrogens with one attached hydrogen (secondary N) is 3. The second-order valence-corrected chi connectivity index (χ2v) is 11.5. The van der Waals surface area contributed by atoms with Crippen LogP contribution in [0.4, 0.5) is 5.69 Å². The minimum Gasteiger partial charge on any atom is -0.322 e. The summed E-state index contributed by atoms with van der Waals surface area (Å²) in [5, 5.41) is 2.61. The van der Waals surface area contributed by atoms with Crippen molar-refractivity contribution in [2.45, 2.75) is 56.0 Å². The molecule has 1 amide bonds. The Labute approximate surface area is 178 Å². The molecule has 0 aliphatic rings. The minimum absolute atomic E-state index is 0.00712. The van der Waals surface area contributed by atoms with E-state index in [0.717, 1.165) is 0 Å². The highest BCUT2D eigenvalue weighted by molar-refractivity contribution is 7.89. The van der Waals surface area contributed by atoms with Gasteiger partial charge in [0, 0.05) is 22.8 Å². The van der Waals surface area contributed by atoms with E-state index in [2.05, 4.69) is 14.8 Å². The van der Waals surface area contributed by atoms with Crippen molar-refractivity contribution in [1.29, 1.82) is 0 Å². The molecule has 2 aromatic carbocycles. The topological polar surface area (TPSA) is 121 Å². The molecule has 0 heterocycles. The molecule has 0 unspecified atom stereocenters. The second kappa shape index (κ2) is 8.84. The van der Waals surface area contributed by atoms with Gasteiger partial charge >= 0.3 is 0 Å². The zero-order chi connectivity index (χ0) is 22.7. The molecule has 0 aliphatic heterocycles. The third kappa shape index (κ3) is 6.63. The Kier molecular flexibility index (Phi) is 7.08. The Morgan fingerprint density at radius 1 is 0.867 bits per heavy atom. The lowest BCUT2D eigenvalue weighted by Crippen LogP contribution is -2.40. The van der Waals surface area contributed by atoms with Crippen LogP contribution in [-0.2, 0) is 20.0 Å². The van der Waals surface area contributed by atoms with Crippen molar-refractivity contribution < 1.29 is 21.6 Å². The highest BCUT2D eigenvalue weighted by atomic mass is 32.2. The summed E-state index contributed by atoms with van der Waals surface area (Å²) < 4.78 is 54.7. The van der Waals surface area contributed by atoms with Crippen LogP contribution in [0.2, 0.25) is 0 Å². The molecule has 0 atom stereocenters. The zero-order valence-electron chi connectivity index (χ0n) is 17.6. The van der Waals surface area contributed by atoms with Crippen molar-refractivity contribution >= 4 is 31.6 Å². The fourth-order valence-corrected chi connectivity index (χ4v) is 5.35. The van der Waals surface area contributed by atoms with Crippen LogP contribution in [0.3, 0.4) is 0 Å². The van der Waals surface area contributed by atoms with Gasteiger partial charge in [-0.2, -0.15) is 0 Å². The quantitative estimate of drug-likeness (QED) is 0.595. The molecule has 0 radical (unpaired) electrons. The largest absolute Gasteiger partial charge is 0.322 e. The average molecular weight is 454 g/mol. The Hall–Kier alpha value is -2.27. The molecule has 164 valence electrons. The van der Waals surface area contributed by atoms with Crippen molar-refractivity contribution in [3.8, 4) is 0 Å². The van der Waals surface area contributed by atoms with E-state index in [0.29, 0.717) is 0 Å². The molecule has 0 fully saturated rings. The SMILES string of the molecule is CC(C)NS(=O)(=O)c1cccc(C(=O)Nc2cccc(S(=O)(=O)NC(C)(C)C)c2)c1. The maximum atomic E-state index is 12.6. The molecule has 0 bridgehead atoms. The maximum absolute atomic E-state index is 12.6. The first-order valence-corrected chi connectivity index (χ1v) is 12.2. The smallest absolute Gasteiger partial charge is 0.255 e. The predicted molar refractivity (Wildman–Crippen MR) is 116 cm³/mol.